The summed E-state index contributed by atoms with van der Waals surface area (Å²) in [6, 6.07) is 12.6. The van der Waals surface area contributed by atoms with Crippen molar-refractivity contribution in [3.05, 3.63) is 54.3 Å². The summed E-state index contributed by atoms with van der Waals surface area (Å²) in [6.07, 6.45) is 1.03. The second-order valence-electron chi connectivity index (χ2n) is 4.69. The molecular formula is C15H15FN2O3S2. The molecule has 0 aliphatic rings. The van der Waals surface area contributed by atoms with Crippen LogP contribution in [0.3, 0.4) is 0 Å². The van der Waals surface area contributed by atoms with Crippen LogP contribution in [-0.4, -0.2) is 26.3 Å². The molecule has 0 saturated carbocycles. The average molecular weight is 354 g/mol. The van der Waals surface area contributed by atoms with E-state index in [1.165, 1.54) is 6.07 Å². The number of carbonyl (C=O) groups is 1. The van der Waals surface area contributed by atoms with Gasteiger partial charge in [0.2, 0.25) is 15.9 Å². The molecule has 0 unspecified atom stereocenters. The summed E-state index contributed by atoms with van der Waals surface area (Å²) in [5.41, 5.74) is 0.622. The Morgan fingerprint density at radius 3 is 2.35 bits per heavy atom. The standard InChI is InChI=1S/C15H15FN2O3S2/c1-23(20,21)18-13-8-4-3-7-12(13)17-15(19)10-22-14-9-5-2-6-11(14)16/h2-9,18H,10H2,1H3,(H,17,19). The molecule has 8 heteroatoms. The lowest BCUT2D eigenvalue weighted by Crippen LogP contribution is -2.17. The monoisotopic (exact) mass is 354 g/mol. The molecule has 1 amide bonds. The molecule has 0 atom stereocenters. The fraction of sp³-hybridized carbons (Fsp3) is 0.133. The number of benzene rings is 2. The maximum atomic E-state index is 13.5. The third-order valence-electron chi connectivity index (χ3n) is 2.69. The van der Waals surface area contributed by atoms with E-state index in [0.717, 1.165) is 18.0 Å². The number of amides is 1. The van der Waals surface area contributed by atoms with Crippen LogP contribution < -0.4 is 10.0 Å². The summed E-state index contributed by atoms with van der Waals surface area (Å²) in [6.45, 7) is 0. The minimum Gasteiger partial charge on any atom is -0.324 e. The summed E-state index contributed by atoms with van der Waals surface area (Å²) >= 11 is 1.07. The van der Waals surface area contributed by atoms with E-state index < -0.39 is 10.0 Å². The van der Waals surface area contributed by atoms with Crippen LogP contribution in [0.5, 0.6) is 0 Å². The van der Waals surface area contributed by atoms with Gasteiger partial charge in [0.1, 0.15) is 5.82 Å². The molecular weight excluding hydrogens is 339 g/mol. The van der Waals surface area contributed by atoms with Crippen molar-refractivity contribution in [1.29, 1.82) is 0 Å². The van der Waals surface area contributed by atoms with Crippen molar-refractivity contribution in [3.63, 3.8) is 0 Å². The Bertz CT molecular complexity index is 810. The van der Waals surface area contributed by atoms with Crippen LogP contribution in [0.1, 0.15) is 0 Å². The molecule has 2 rings (SSSR count). The molecule has 2 aromatic carbocycles. The van der Waals surface area contributed by atoms with E-state index in [9.17, 15) is 17.6 Å². The van der Waals surface area contributed by atoms with Crippen molar-refractivity contribution in [2.24, 2.45) is 0 Å². The van der Waals surface area contributed by atoms with Crippen molar-refractivity contribution in [2.75, 3.05) is 22.0 Å². The molecule has 0 radical (unpaired) electrons. The number of para-hydroxylation sites is 2. The van der Waals surface area contributed by atoms with E-state index >= 15 is 0 Å². The molecule has 0 spiro atoms. The van der Waals surface area contributed by atoms with Crippen molar-refractivity contribution in [3.8, 4) is 0 Å². The normalized spacial score (nSPS) is 11.0. The molecule has 0 aliphatic carbocycles. The third-order valence-corrected chi connectivity index (χ3v) is 4.33. The van der Waals surface area contributed by atoms with Gasteiger partial charge >= 0.3 is 0 Å². The molecule has 0 heterocycles. The highest BCUT2D eigenvalue weighted by Gasteiger charge is 2.11. The van der Waals surface area contributed by atoms with E-state index in [4.69, 9.17) is 0 Å². The van der Waals surface area contributed by atoms with Crippen LogP contribution in [0.2, 0.25) is 0 Å². The maximum Gasteiger partial charge on any atom is 0.234 e. The highest BCUT2D eigenvalue weighted by atomic mass is 32.2. The second-order valence-corrected chi connectivity index (χ2v) is 7.45. The van der Waals surface area contributed by atoms with Gasteiger partial charge in [0.25, 0.3) is 0 Å². The van der Waals surface area contributed by atoms with Crippen molar-refractivity contribution in [1.82, 2.24) is 0 Å². The quantitative estimate of drug-likeness (QED) is 0.782. The van der Waals surface area contributed by atoms with Gasteiger partial charge in [0, 0.05) is 4.90 Å². The van der Waals surface area contributed by atoms with Crippen molar-refractivity contribution < 1.29 is 17.6 Å². The Kier molecular flexibility index (Phi) is 5.62. The van der Waals surface area contributed by atoms with Gasteiger partial charge < -0.3 is 5.32 Å². The van der Waals surface area contributed by atoms with Gasteiger partial charge in [-0.05, 0) is 24.3 Å². The van der Waals surface area contributed by atoms with Crippen molar-refractivity contribution in [2.45, 2.75) is 4.90 Å². The predicted molar refractivity (Wildman–Crippen MR) is 90.7 cm³/mol. The van der Waals surface area contributed by atoms with Crippen LogP contribution in [0.25, 0.3) is 0 Å². The Morgan fingerprint density at radius 2 is 1.70 bits per heavy atom. The number of hydrogen-bond acceptors (Lipinski definition) is 4. The predicted octanol–water partition coefficient (Wildman–Crippen LogP) is 2.93. The zero-order valence-corrected chi connectivity index (χ0v) is 13.9. The van der Waals surface area contributed by atoms with Gasteiger partial charge in [0.15, 0.2) is 0 Å². The first-order chi connectivity index (χ1) is 10.8. The molecule has 0 saturated heterocycles. The van der Waals surface area contributed by atoms with Gasteiger partial charge in [-0.2, -0.15) is 0 Å². The molecule has 5 nitrogen and oxygen atoms in total. The number of hydrogen-bond donors (Lipinski definition) is 2. The topological polar surface area (TPSA) is 75.3 Å². The fourth-order valence-corrected chi connectivity index (χ4v) is 3.09. The number of thioether (sulfide) groups is 1. The smallest absolute Gasteiger partial charge is 0.234 e. The van der Waals surface area contributed by atoms with E-state index in [1.54, 1.807) is 42.5 Å². The van der Waals surface area contributed by atoms with Crippen molar-refractivity contribution >= 4 is 39.1 Å². The summed E-state index contributed by atoms with van der Waals surface area (Å²) in [7, 11) is -3.45. The summed E-state index contributed by atoms with van der Waals surface area (Å²) in [5.74, 6) is -0.737. The van der Waals surface area contributed by atoms with Gasteiger partial charge in [-0.25, -0.2) is 12.8 Å². The van der Waals surface area contributed by atoms with E-state index in [-0.39, 0.29) is 23.2 Å². The minimum atomic E-state index is -3.45. The maximum absolute atomic E-state index is 13.5. The first kappa shape index (κ1) is 17.3. The molecule has 0 aliphatic heterocycles. The van der Waals surface area contributed by atoms with E-state index in [2.05, 4.69) is 10.0 Å². The fourth-order valence-electron chi connectivity index (χ4n) is 1.77. The molecule has 23 heavy (non-hydrogen) atoms. The Balaban J connectivity index is 2.02. The van der Waals surface area contributed by atoms with E-state index in [0.29, 0.717) is 10.6 Å². The van der Waals surface area contributed by atoms with Crippen LogP contribution in [0, 0.1) is 5.82 Å². The Labute approximate surface area is 138 Å². The summed E-state index contributed by atoms with van der Waals surface area (Å²) in [4.78, 5) is 12.4. The number of rotatable bonds is 6. The summed E-state index contributed by atoms with van der Waals surface area (Å²) < 4.78 is 38.5. The lowest BCUT2D eigenvalue weighted by Gasteiger charge is -2.11. The largest absolute Gasteiger partial charge is 0.324 e. The van der Waals surface area contributed by atoms with Crippen LogP contribution in [0.15, 0.2) is 53.4 Å². The molecule has 0 aromatic heterocycles. The number of carbonyl (C=O) groups excluding carboxylic acids is 1. The lowest BCUT2D eigenvalue weighted by atomic mass is 10.3. The number of halogens is 1. The van der Waals surface area contributed by atoms with Gasteiger partial charge in [-0.15, -0.1) is 11.8 Å². The SMILES string of the molecule is CS(=O)(=O)Nc1ccccc1NC(=O)CSc1ccccc1F. The highest BCUT2D eigenvalue weighted by molar-refractivity contribution is 8.00. The Morgan fingerprint density at radius 1 is 1.09 bits per heavy atom. The van der Waals surface area contributed by atoms with Gasteiger partial charge in [-0.3, -0.25) is 9.52 Å². The number of nitrogens with one attached hydrogen (secondary N) is 2. The third kappa shape index (κ3) is 5.57. The zero-order valence-electron chi connectivity index (χ0n) is 12.2. The molecule has 122 valence electrons. The van der Waals surface area contributed by atoms with E-state index in [1.807, 2.05) is 0 Å². The zero-order chi connectivity index (χ0) is 16.9. The van der Waals surface area contributed by atoms with Gasteiger partial charge in [0.05, 0.1) is 23.4 Å². The first-order valence-corrected chi connectivity index (χ1v) is 9.47. The second kappa shape index (κ2) is 7.47. The molecule has 2 aromatic rings. The van der Waals surface area contributed by atoms with Crippen LogP contribution >= 0.6 is 11.8 Å². The number of anilines is 2. The van der Waals surface area contributed by atoms with Gasteiger partial charge in [-0.1, -0.05) is 24.3 Å². The highest BCUT2D eigenvalue weighted by Crippen LogP contribution is 2.24. The Hall–Kier alpha value is -2.06. The van der Waals surface area contributed by atoms with Crippen LogP contribution in [0.4, 0.5) is 15.8 Å². The summed E-state index contributed by atoms with van der Waals surface area (Å²) in [5, 5.41) is 2.61. The lowest BCUT2D eigenvalue weighted by molar-refractivity contribution is -0.113. The molecule has 2 N–H and O–H groups in total. The average Bonchev–Trinajstić information content (AvgIpc) is 2.47. The molecule has 0 fully saturated rings. The minimum absolute atomic E-state index is 0.00808. The van der Waals surface area contributed by atoms with Crippen LogP contribution in [-0.2, 0) is 14.8 Å². The number of sulfonamides is 1. The molecule has 0 bridgehead atoms. The first-order valence-electron chi connectivity index (χ1n) is 6.59.